The first-order valence-electron chi connectivity index (χ1n) is 9.49. The SMILES string of the molecule is CCC(C)(C)NC(=O)C1CCCN(Cc2nc(-c3ccc(F)cc3)no2)C1. The molecule has 1 saturated heterocycles. The maximum absolute atomic E-state index is 13.0. The lowest BCUT2D eigenvalue weighted by Gasteiger charge is -2.33. The van der Waals surface area contributed by atoms with Gasteiger partial charge in [-0.25, -0.2) is 4.39 Å². The molecule has 27 heavy (non-hydrogen) atoms. The van der Waals surface area contributed by atoms with Gasteiger partial charge in [0.2, 0.25) is 17.6 Å². The van der Waals surface area contributed by atoms with Gasteiger partial charge in [-0.05, 0) is 63.9 Å². The molecular formula is C20H27FN4O2. The molecule has 3 rings (SSSR count). The lowest BCUT2D eigenvalue weighted by molar-refractivity contribution is -0.128. The van der Waals surface area contributed by atoms with Crippen molar-refractivity contribution >= 4 is 5.91 Å². The Morgan fingerprint density at radius 1 is 1.37 bits per heavy atom. The van der Waals surface area contributed by atoms with E-state index in [1.807, 2.05) is 13.8 Å². The summed E-state index contributed by atoms with van der Waals surface area (Å²) >= 11 is 0. The standard InChI is InChI=1S/C20H27FN4O2/c1-4-20(2,3)23-19(26)15-6-5-11-25(12-15)13-17-22-18(24-27-17)14-7-9-16(21)10-8-14/h7-10,15H,4-6,11-13H2,1-3H3,(H,23,26). The number of nitrogens with zero attached hydrogens (tertiary/aromatic N) is 3. The Morgan fingerprint density at radius 2 is 2.11 bits per heavy atom. The molecule has 1 N–H and O–H groups in total. The number of benzene rings is 1. The van der Waals surface area contributed by atoms with E-state index >= 15 is 0 Å². The number of carbonyl (C=O) groups is 1. The third-order valence-corrected chi connectivity index (χ3v) is 5.15. The summed E-state index contributed by atoms with van der Waals surface area (Å²) < 4.78 is 18.4. The number of nitrogens with one attached hydrogen (secondary N) is 1. The van der Waals surface area contributed by atoms with Gasteiger partial charge in [0.25, 0.3) is 0 Å². The van der Waals surface area contributed by atoms with E-state index in [1.165, 1.54) is 12.1 Å². The largest absolute Gasteiger partial charge is 0.351 e. The molecule has 1 amide bonds. The van der Waals surface area contributed by atoms with Crippen molar-refractivity contribution in [2.24, 2.45) is 5.92 Å². The molecule has 1 atom stereocenters. The monoisotopic (exact) mass is 374 g/mol. The van der Waals surface area contributed by atoms with Gasteiger partial charge < -0.3 is 9.84 Å². The minimum absolute atomic E-state index is 0.0240. The zero-order valence-corrected chi connectivity index (χ0v) is 16.2. The van der Waals surface area contributed by atoms with Crippen LogP contribution in [-0.4, -0.2) is 39.6 Å². The van der Waals surface area contributed by atoms with Gasteiger partial charge in [-0.15, -0.1) is 0 Å². The van der Waals surface area contributed by atoms with Crippen LogP contribution in [-0.2, 0) is 11.3 Å². The first-order valence-corrected chi connectivity index (χ1v) is 9.49. The van der Waals surface area contributed by atoms with Crippen LogP contribution in [0.1, 0.15) is 45.9 Å². The van der Waals surface area contributed by atoms with Gasteiger partial charge in [-0.1, -0.05) is 12.1 Å². The molecule has 0 spiro atoms. The van der Waals surface area contributed by atoms with E-state index in [4.69, 9.17) is 4.52 Å². The molecule has 2 aromatic rings. The van der Waals surface area contributed by atoms with Gasteiger partial charge in [0, 0.05) is 17.6 Å². The fourth-order valence-electron chi connectivity index (χ4n) is 3.16. The molecule has 0 bridgehead atoms. The second-order valence-corrected chi connectivity index (χ2v) is 7.82. The second kappa shape index (κ2) is 8.17. The van der Waals surface area contributed by atoms with E-state index in [-0.39, 0.29) is 23.2 Å². The highest BCUT2D eigenvalue weighted by Gasteiger charge is 2.29. The molecule has 1 aliphatic heterocycles. The number of amides is 1. The highest BCUT2D eigenvalue weighted by Crippen LogP contribution is 2.21. The summed E-state index contributed by atoms with van der Waals surface area (Å²) in [6.07, 6.45) is 2.75. The van der Waals surface area contributed by atoms with Crippen molar-refractivity contribution in [2.75, 3.05) is 13.1 Å². The highest BCUT2D eigenvalue weighted by atomic mass is 19.1. The van der Waals surface area contributed by atoms with Gasteiger partial charge in [-0.2, -0.15) is 4.98 Å². The maximum Gasteiger partial charge on any atom is 0.241 e. The number of hydrogen-bond acceptors (Lipinski definition) is 5. The van der Waals surface area contributed by atoms with Crippen LogP contribution in [0.15, 0.2) is 28.8 Å². The number of rotatable bonds is 6. The smallest absolute Gasteiger partial charge is 0.241 e. The number of carbonyl (C=O) groups excluding carboxylic acids is 1. The van der Waals surface area contributed by atoms with Crippen LogP contribution in [0.2, 0.25) is 0 Å². The van der Waals surface area contributed by atoms with E-state index in [2.05, 4.69) is 27.3 Å². The first kappa shape index (κ1) is 19.5. The Kier molecular flexibility index (Phi) is 5.89. The molecule has 0 radical (unpaired) electrons. The van der Waals surface area contributed by atoms with E-state index < -0.39 is 0 Å². The highest BCUT2D eigenvalue weighted by molar-refractivity contribution is 5.79. The van der Waals surface area contributed by atoms with E-state index in [0.717, 1.165) is 25.8 Å². The fraction of sp³-hybridized carbons (Fsp3) is 0.550. The second-order valence-electron chi connectivity index (χ2n) is 7.82. The number of aromatic nitrogens is 2. The van der Waals surface area contributed by atoms with Crippen LogP contribution in [0, 0.1) is 11.7 Å². The average molecular weight is 374 g/mol. The zero-order valence-electron chi connectivity index (χ0n) is 16.2. The Bertz CT molecular complexity index is 773. The van der Waals surface area contributed by atoms with Gasteiger partial charge in [-0.3, -0.25) is 9.69 Å². The van der Waals surface area contributed by atoms with Crippen LogP contribution in [0.5, 0.6) is 0 Å². The zero-order chi connectivity index (χ0) is 19.4. The van der Waals surface area contributed by atoms with E-state index in [0.29, 0.717) is 30.4 Å². The molecule has 1 aliphatic rings. The summed E-state index contributed by atoms with van der Waals surface area (Å²) in [5.74, 6) is 0.741. The number of halogens is 1. The van der Waals surface area contributed by atoms with E-state index in [1.54, 1.807) is 12.1 Å². The minimum atomic E-state index is -0.300. The van der Waals surface area contributed by atoms with Crippen molar-refractivity contribution in [2.45, 2.75) is 52.1 Å². The molecule has 1 fully saturated rings. The summed E-state index contributed by atoms with van der Waals surface area (Å²) in [5, 5.41) is 7.12. The van der Waals surface area contributed by atoms with Crippen LogP contribution in [0.4, 0.5) is 4.39 Å². The predicted octanol–water partition coefficient (Wildman–Crippen LogP) is 3.39. The van der Waals surface area contributed by atoms with Gasteiger partial charge >= 0.3 is 0 Å². The molecule has 146 valence electrons. The Balaban J connectivity index is 1.59. The van der Waals surface area contributed by atoms with Gasteiger partial charge in [0.1, 0.15) is 5.82 Å². The van der Waals surface area contributed by atoms with Crippen LogP contribution in [0.25, 0.3) is 11.4 Å². The molecule has 1 unspecified atom stereocenters. The van der Waals surface area contributed by atoms with Gasteiger partial charge in [0.05, 0.1) is 12.5 Å². The van der Waals surface area contributed by atoms with Crippen molar-refractivity contribution in [3.8, 4) is 11.4 Å². The lowest BCUT2D eigenvalue weighted by atomic mass is 9.94. The molecular weight excluding hydrogens is 347 g/mol. The lowest BCUT2D eigenvalue weighted by Crippen LogP contribution is -2.49. The molecule has 0 saturated carbocycles. The average Bonchev–Trinajstić information content (AvgIpc) is 3.10. The summed E-state index contributed by atoms with van der Waals surface area (Å²) in [6, 6.07) is 6.00. The third-order valence-electron chi connectivity index (χ3n) is 5.15. The molecule has 1 aromatic heterocycles. The van der Waals surface area contributed by atoms with Crippen molar-refractivity contribution in [3.05, 3.63) is 36.0 Å². The van der Waals surface area contributed by atoms with E-state index in [9.17, 15) is 9.18 Å². The quantitative estimate of drug-likeness (QED) is 0.839. The summed E-state index contributed by atoms with van der Waals surface area (Å²) in [4.78, 5) is 19.1. The van der Waals surface area contributed by atoms with Crippen LogP contribution >= 0.6 is 0 Å². The van der Waals surface area contributed by atoms with Crippen molar-refractivity contribution in [1.29, 1.82) is 0 Å². The Labute approximate surface area is 159 Å². The first-order chi connectivity index (χ1) is 12.9. The summed E-state index contributed by atoms with van der Waals surface area (Å²) in [5.41, 5.74) is 0.528. The molecule has 0 aliphatic carbocycles. The van der Waals surface area contributed by atoms with Crippen molar-refractivity contribution in [3.63, 3.8) is 0 Å². The van der Waals surface area contributed by atoms with Gasteiger partial charge in [0.15, 0.2) is 0 Å². The molecule has 7 heteroatoms. The number of piperidine rings is 1. The van der Waals surface area contributed by atoms with Crippen LogP contribution < -0.4 is 5.32 Å². The summed E-state index contributed by atoms with van der Waals surface area (Å²) in [7, 11) is 0. The molecule has 2 heterocycles. The molecule has 1 aromatic carbocycles. The Hall–Kier alpha value is -2.28. The van der Waals surface area contributed by atoms with Crippen LogP contribution in [0.3, 0.4) is 0 Å². The Morgan fingerprint density at radius 3 is 2.81 bits per heavy atom. The minimum Gasteiger partial charge on any atom is -0.351 e. The van der Waals surface area contributed by atoms with Crippen molar-refractivity contribution in [1.82, 2.24) is 20.4 Å². The number of likely N-dealkylation sites (tertiary alicyclic amines) is 1. The molecule has 6 nitrogen and oxygen atoms in total. The predicted molar refractivity (Wildman–Crippen MR) is 100 cm³/mol. The fourth-order valence-corrected chi connectivity index (χ4v) is 3.16. The third kappa shape index (κ3) is 5.13. The maximum atomic E-state index is 13.0. The normalized spacial score (nSPS) is 18.4. The number of hydrogen-bond donors (Lipinski definition) is 1. The van der Waals surface area contributed by atoms with Crippen molar-refractivity contribution < 1.29 is 13.7 Å². The summed E-state index contributed by atoms with van der Waals surface area (Å²) in [6.45, 7) is 8.24. The topological polar surface area (TPSA) is 71.3 Å².